The number of nitrogens with zero attached hydrogens (tertiary/aromatic N) is 3. The van der Waals surface area contributed by atoms with Crippen LogP contribution in [0.3, 0.4) is 0 Å². The van der Waals surface area contributed by atoms with Crippen molar-refractivity contribution in [2.24, 2.45) is 0 Å². The molecule has 0 amide bonds. The highest BCUT2D eigenvalue weighted by molar-refractivity contribution is 5.88. The number of hydrogen-bond donors (Lipinski definition) is 1. The van der Waals surface area contributed by atoms with Gasteiger partial charge in [0.25, 0.3) is 0 Å². The first-order valence-corrected chi connectivity index (χ1v) is 8.08. The molecule has 25 heavy (non-hydrogen) atoms. The smallest absolute Gasteiger partial charge is 0.133 e. The average Bonchev–Trinajstić information content (AvgIpc) is 3.26. The molecule has 1 aromatic carbocycles. The van der Waals surface area contributed by atoms with Gasteiger partial charge in [0.05, 0.1) is 18.5 Å². The summed E-state index contributed by atoms with van der Waals surface area (Å²) < 4.78 is 7.59. The monoisotopic (exact) mass is 352 g/mol. The van der Waals surface area contributed by atoms with E-state index < -0.39 is 0 Å². The lowest BCUT2D eigenvalue weighted by molar-refractivity contribution is 0.477. The van der Waals surface area contributed by atoms with Gasteiger partial charge in [0, 0.05) is 42.0 Å². The third kappa shape index (κ3) is 2.62. The molecule has 0 atom stereocenters. The standard InChI is InChI=1S/C19H16N4O.ClH/c1-2-17-14(5-10-24-17)11-15(1)19-18(13-3-6-20-7-4-13)16-12-21-8-9-23(16)22-19;/h1-7,10-11,21H,8-9,12H2;1H. The van der Waals surface area contributed by atoms with Crippen LogP contribution < -0.4 is 5.32 Å². The van der Waals surface area contributed by atoms with Gasteiger partial charge in [-0.05, 0) is 42.0 Å². The largest absolute Gasteiger partial charge is 0.464 e. The van der Waals surface area contributed by atoms with Gasteiger partial charge < -0.3 is 9.73 Å². The minimum Gasteiger partial charge on any atom is -0.464 e. The highest BCUT2D eigenvalue weighted by Gasteiger charge is 2.22. The van der Waals surface area contributed by atoms with Crippen LogP contribution in [0.4, 0.5) is 0 Å². The Morgan fingerprint density at radius 1 is 1.04 bits per heavy atom. The normalized spacial score (nSPS) is 13.4. The Morgan fingerprint density at radius 2 is 1.92 bits per heavy atom. The summed E-state index contributed by atoms with van der Waals surface area (Å²) in [6, 6.07) is 12.3. The summed E-state index contributed by atoms with van der Waals surface area (Å²) in [7, 11) is 0. The lowest BCUT2D eigenvalue weighted by Crippen LogP contribution is -2.28. The molecule has 4 heterocycles. The summed E-state index contributed by atoms with van der Waals surface area (Å²) in [6.07, 6.45) is 5.39. The zero-order valence-corrected chi connectivity index (χ0v) is 14.3. The summed E-state index contributed by atoms with van der Waals surface area (Å²) in [4.78, 5) is 4.15. The van der Waals surface area contributed by atoms with Gasteiger partial charge in [-0.2, -0.15) is 5.10 Å². The van der Waals surface area contributed by atoms with Crippen molar-refractivity contribution in [3.63, 3.8) is 0 Å². The molecule has 1 aliphatic rings. The van der Waals surface area contributed by atoms with E-state index in [0.29, 0.717) is 0 Å². The fraction of sp³-hybridized carbons (Fsp3) is 0.158. The summed E-state index contributed by atoms with van der Waals surface area (Å²) in [5.74, 6) is 0. The first-order valence-electron chi connectivity index (χ1n) is 8.08. The molecule has 6 heteroatoms. The van der Waals surface area contributed by atoms with E-state index in [1.165, 1.54) is 11.3 Å². The molecule has 5 nitrogen and oxygen atoms in total. The van der Waals surface area contributed by atoms with Gasteiger partial charge in [-0.15, -0.1) is 12.4 Å². The van der Waals surface area contributed by atoms with Crippen molar-refractivity contribution in [2.45, 2.75) is 13.1 Å². The van der Waals surface area contributed by atoms with E-state index in [2.05, 4.69) is 27.1 Å². The Hall–Kier alpha value is -2.63. The first-order chi connectivity index (χ1) is 11.9. The molecule has 1 aliphatic heterocycles. The van der Waals surface area contributed by atoms with Gasteiger partial charge in [-0.3, -0.25) is 9.67 Å². The van der Waals surface area contributed by atoms with E-state index >= 15 is 0 Å². The van der Waals surface area contributed by atoms with E-state index in [4.69, 9.17) is 9.52 Å². The SMILES string of the molecule is Cl.c1cc(-c2c(-c3ccc4occc4c3)nn3c2CNCC3)ccn1. The summed E-state index contributed by atoms with van der Waals surface area (Å²) in [6.45, 7) is 2.67. The third-order valence-electron chi connectivity index (χ3n) is 4.55. The van der Waals surface area contributed by atoms with Crippen molar-refractivity contribution in [2.75, 3.05) is 6.54 Å². The number of fused-ring (bicyclic) bond motifs is 2. The molecule has 0 bridgehead atoms. The van der Waals surface area contributed by atoms with Gasteiger partial charge in [0.2, 0.25) is 0 Å². The fourth-order valence-electron chi connectivity index (χ4n) is 3.39. The highest BCUT2D eigenvalue weighted by Crippen LogP contribution is 2.36. The summed E-state index contributed by atoms with van der Waals surface area (Å²) in [5.41, 5.74) is 6.59. The van der Waals surface area contributed by atoms with Crippen LogP contribution in [0, 0.1) is 0 Å². The van der Waals surface area contributed by atoms with Gasteiger partial charge >= 0.3 is 0 Å². The summed E-state index contributed by atoms with van der Waals surface area (Å²) >= 11 is 0. The van der Waals surface area contributed by atoms with Crippen LogP contribution in [0.2, 0.25) is 0 Å². The molecule has 0 radical (unpaired) electrons. The predicted octanol–water partition coefficient (Wildman–Crippen LogP) is 3.88. The summed E-state index contributed by atoms with van der Waals surface area (Å²) in [5, 5.41) is 9.46. The van der Waals surface area contributed by atoms with Crippen LogP contribution in [0.15, 0.2) is 59.5 Å². The van der Waals surface area contributed by atoms with Crippen LogP contribution in [-0.4, -0.2) is 21.3 Å². The van der Waals surface area contributed by atoms with E-state index in [1.54, 1.807) is 6.26 Å². The third-order valence-corrected chi connectivity index (χ3v) is 4.55. The zero-order chi connectivity index (χ0) is 15.9. The fourth-order valence-corrected chi connectivity index (χ4v) is 3.39. The van der Waals surface area contributed by atoms with Gasteiger partial charge in [-0.1, -0.05) is 0 Å². The number of aromatic nitrogens is 3. The van der Waals surface area contributed by atoms with Gasteiger partial charge in [0.15, 0.2) is 0 Å². The zero-order valence-electron chi connectivity index (χ0n) is 13.5. The van der Waals surface area contributed by atoms with E-state index in [1.807, 2.05) is 36.7 Å². The second-order valence-electron chi connectivity index (χ2n) is 5.98. The van der Waals surface area contributed by atoms with E-state index in [0.717, 1.165) is 47.4 Å². The quantitative estimate of drug-likeness (QED) is 0.594. The number of halogens is 1. The molecular formula is C19H17ClN4O. The molecule has 0 unspecified atom stereocenters. The van der Waals surface area contributed by atoms with Crippen molar-refractivity contribution in [3.05, 3.63) is 60.7 Å². The van der Waals surface area contributed by atoms with Crippen molar-refractivity contribution in [1.82, 2.24) is 20.1 Å². The van der Waals surface area contributed by atoms with E-state index in [9.17, 15) is 0 Å². The molecule has 4 aromatic rings. The van der Waals surface area contributed by atoms with Crippen molar-refractivity contribution < 1.29 is 4.42 Å². The number of furan rings is 1. The molecule has 5 rings (SSSR count). The number of rotatable bonds is 2. The maximum atomic E-state index is 5.46. The van der Waals surface area contributed by atoms with Crippen molar-refractivity contribution in [3.8, 4) is 22.4 Å². The van der Waals surface area contributed by atoms with Gasteiger partial charge in [0.1, 0.15) is 11.3 Å². The van der Waals surface area contributed by atoms with E-state index in [-0.39, 0.29) is 12.4 Å². The van der Waals surface area contributed by atoms with Crippen LogP contribution in [0.1, 0.15) is 5.69 Å². The Morgan fingerprint density at radius 3 is 2.80 bits per heavy atom. The minimum atomic E-state index is 0. The second kappa shape index (κ2) is 6.35. The van der Waals surface area contributed by atoms with Crippen LogP contribution >= 0.6 is 12.4 Å². The molecular weight excluding hydrogens is 336 g/mol. The maximum absolute atomic E-state index is 5.46. The van der Waals surface area contributed by atoms with Gasteiger partial charge in [-0.25, -0.2) is 0 Å². The molecule has 126 valence electrons. The molecule has 0 saturated heterocycles. The van der Waals surface area contributed by atoms with Crippen molar-refractivity contribution >= 4 is 23.4 Å². The molecule has 0 aliphatic carbocycles. The van der Waals surface area contributed by atoms with Crippen LogP contribution in [-0.2, 0) is 13.1 Å². The Balaban J connectivity index is 0.00000157. The molecule has 0 saturated carbocycles. The first kappa shape index (κ1) is 15.9. The minimum absolute atomic E-state index is 0. The highest BCUT2D eigenvalue weighted by atomic mass is 35.5. The maximum Gasteiger partial charge on any atom is 0.133 e. The Labute approximate surface area is 151 Å². The average molecular weight is 353 g/mol. The predicted molar refractivity (Wildman–Crippen MR) is 99.6 cm³/mol. The van der Waals surface area contributed by atoms with Crippen LogP contribution in [0.5, 0.6) is 0 Å². The van der Waals surface area contributed by atoms with Crippen molar-refractivity contribution in [1.29, 1.82) is 0 Å². The Kier molecular flexibility index (Phi) is 4.03. The number of benzene rings is 1. The number of pyridine rings is 1. The molecule has 0 fully saturated rings. The second-order valence-corrected chi connectivity index (χ2v) is 5.98. The lowest BCUT2D eigenvalue weighted by atomic mass is 9.98. The number of nitrogens with one attached hydrogen (secondary N) is 1. The Bertz CT molecular complexity index is 1020. The topological polar surface area (TPSA) is 55.9 Å². The lowest BCUT2D eigenvalue weighted by Gasteiger charge is -2.16. The number of hydrogen-bond acceptors (Lipinski definition) is 4. The molecule has 0 spiro atoms. The molecule has 1 N–H and O–H groups in total. The van der Waals surface area contributed by atoms with Crippen LogP contribution in [0.25, 0.3) is 33.4 Å². The molecule has 3 aromatic heterocycles.